The Morgan fingerprint density at radius 2 is 2.35 bits per heavy atom. The van der Waals surface area contributed by atoms with Gasteiger partial charge in [0.2, 0.25) is 0 Å². The number of halogens is 1. The molecule has 0 aliphatic rings. The molecule has 0 bridgehead atoms. The summed E-state index contributed by atoms with van der Waals surface area (Å²) in [5.74, 6) is 0.0361. The third kappa shape index (κ3) is 3.69. The van der Waals surface area contributed by atoms with Gasteiger partial charge in [0.1, 0.15) is 6.61 Å². The number of hydrogen-bond donors (Lipinski definition) is 1. The Labute approximate surface area is 106 Å². The summed E-state index contributed by atoms with van der Waals surface area (Å²) in [4.78, 5) is 10.1. The summed E-state index contributed by atoms with van der Waals surface area (Å²) in [5.41, 5.74) is -0.101. The van der Waals surface area contributed by atoms with Crippen LogP contribution in [0.15, 0.2) is 18.2 Å². The van der Waals surface area contributed by atoms with Crippen LogP contribution >= 0.6 is 15.9 Å². The predicted octanol–water partition coefficient (Wildman–Crippen LogP) is 1.60. The SMILES string of the molecule is N#Cc1ccc(OCC(O)CBr)c([N+](=O)[O-])c1. The molecular formula is C10H9BrN2O4. The van der Waals surface area contributed by atoms with Gasteiger partial charge in [-0.05, 0) is 12.1 Å². The Morgan fingerprint density at radius 3 is 2.88 bits per heavy atom. The van der Waals surface area contributed by atoms with Crippen LogP contribution in [0.25, 0.3) is 0 Å². The second kappa shape index (κ2) is 6.18. The summed E-state index contributed by atoms with van der Waals surface area (Å²) < 4.78 is 5.12. The molecule has 0 aliphatic carbocycles. The lowest BCUT2D eigenvalue weighted by molar-refractivity contribution is -0.385. The number of rotatable bonds is 5. The number of aliphatic hydroxyl groups excluding tert-OH is 1. The number of alkyl halides is 1. The van der Waals surface area contributed by atoms with Gasteiger partial charge in [-0.2, -0.15) is 5.26 Å². The second-order valence-electron chi connectivity index (χ2n) is 3.17. The normalized spacial score (nSPS) is 11.6. The zero-order valence-electron chi connectivity index (χ0n) is 8.67. The number of nitriles is 1. The van der Waals surface area contributed by atoms with Crippen molar-refractivity contribution in [2.75, 3.05) is 11.9 Å². The van der Waals surface area contributed by atoms with E-state index in [1.54, 1.807) is 0 Å². The molecule has 0 fully saturated rings. The predicted molar refractivity (Wildman–Crippen MR) is 63.1 cm³/mol. The first-order valence-corrected chi connectivity index (χ1v) is 5.76. The maximum absolute atomic E-state index is 10.7. The van der Waals surface area contributed by atoms with E-state index >= 15 is 0 Å². The summed E-state index contributed by atoms with van der Waals surface area (Å²) in [7, 11) is 0. The van der Waals surface area contributed by atoms with Gasteiger partial charge in [-0.1, -0.05) is 15.9 Å². The first-order valence-electron chi connectivity index (χ1n) is 4.64. The minimum atomic E-state index is -0.745. The molecule has 6 nitrogen and oxygen atoms in total. The fourth-order valence-corrected chi connectivity index (χ4v) is 1.27. The van der Waals surface area contributed by atoms with E-state index in [4.69, 9.17) is 10.00 Å². The Balaban J connectivity index is 2.92. The Kier molecular flexibility index (Phi) is 4.87. The van der Waals surface area contributed by atoms with Gasteiger partial charge < -0.3 is 9.84 Å². The van der Waals surface area contributed by atoms with Crippen LogP contribution in [0.2, 0.25) is 0 Å². The average Bonchev–Trinajstić information content (AvgIpc) is 2.35. The lowest BCUT2D eigenvalue weighted by Gasteiger charge is -2.09. The molecule has 1 rings (SSSR count). The van der Waals surface area contributed by atoms with Crippen molar-refractivity contribution in [2.24, 2.45) is 0 Å². The van der Waals surface area contributed by atoms with Crippen molar-refractivity contribution in [3.05, 3.63) is 33.9 Å². The van der Waals surface area contributed by atoms with Gasteiger partial charge in [0.05, 0.1) is 22.7 Å². The fraction of sp³-hybridized carbons (Fsp3) is 0.300. The summed E-state index contributed by atoms with van der Waals surface area (Å²) in [6.07, 6.45) is -0.745. The minimum absolute atomic E-state index is 0.0361. The van der Waals surface area contributed by atoms with Crippen LogP contribution in [-0.2, 0) is 0 Å². The summed E-state index contributed by atoms with van der Waals surface area (Å²) in [6, 6.07) is 5.71. The van der Waals surface area contributed by atoms with Crippen molar-refractivity contribution in [1.82, 2.24) is 0 Å². The molecule has 90 valence electrons. The number of ether oxygens (including phenoxy) is 1. The largest absolute Gasteiger partial charge is 0.484 e. The third-order valence-electron chi connectivity index (χ3n) is 1.89. The lowest BCUT2D eigenvalue weighted by Crippen LogP contribution is -2.19. The molecule has 1 aromatic carbocycles. The van der Waals surface area contributed by atoms with Crippen LogP contribution in [0.3, 0.4) is 0 Å². The van der Waals surface area contributed by atoms with Gasteiger partial charge in [0.25, 0.3) is 0 Å². The van der Waals surface area contributed by atoms with Crippen molar-refractivity contribution in [3.8, 4) is 11.8 Å². The van der Waals surface area contributed by atoms with E-state index in [9.17, 15) is 15.2 Å². The molecule has 1 unspecified atom stereocenters. The van der Waals surface area contributed by atoms with Crippen LogP contribution in [0, 0.1) is 21.4 Å². The molecule has 1 atom stereocenters. The molecule has 1 N–H and O–H groups in total. The standard InChI is InChI=1S/C10H9BrN2O4/c11-4-8(14)6-17-10-2-1-7(5-12)3-9(10)13(15)16/h1-3,8,14H,4,6H2. The zero-order valence-corrected chi connectivity index (χ0v) is 10.3. The van der Waals surface area contributed by atoms with Crippen molar-refractivity contribution in [3.63, 3.8) is 0 Å². The van der Waals surface area contributed by atoms with Gasteiger partial charge in [-0.3, -0.25) is 10.1 Å². The smallest absolute Gasteiger partial charge is 0.312 e. The van der Waals surface area contributed by atoms with E-state index in [1.807, 2.05) is 6.07 Å². The number of nitro groups is 1. The molecule has 7 heteroatoms. The maximum atomic E-state index is 10.7. The Bertz CT molecular complexity index is 458. The van der Waals surface area contributed by atoms with Gasteiger partial charge in [-0.25, -0.2) is 0 Å². The number of benzene rings is 1. The van der Waals surface area contributed by atoms with Gasteiger partial charge in [0.15, 0.2) is 5.75 Å². The van der Waals surface area contributed by atoms with Gasteiger partial charge >= 0.3 is 5.69 Å². The Hall–Kier alpha value is -1.65. The van der Waals surface area contributed by atoms with Crippen LogP contribution in [0.4, 0.5) is 5.69 Å². The van der Waals surface area contributed by atoms with Crippen LogP contribution in [0.1, 0.15) is 5.56 Å². The third-order valence-corrected chi connectivity index (χ3v) is 2.64. The average molecular weight is 301 g/mol. The zero-order chi connectivity index (χ0) is 12.8. The van der Waals surface area contributed by atoms with E-state index in [1.165, 1.54) is 12.1 Å². The minimum Gasteiger partial charge on any atom is -0.484 e. The molecule has 17 heavy (non-hydrogen) atoms. The second-order valence-corrected chi connectivity index (χ2v) is 3.82. The molecule has 0 heterocycles. The highest BCUT2D eigenvalue weighted by molar-refractivity contribution is 9.09. The molecule has 0 amide bonds. The Morgan fingerprint density at radius 1 is 1.65 bits per heavy atom. The van der Waals surface area contributed by atoms with E-state index in [0.717, 1.165) is 6.07 Å². The van der Waals surface area contributed by atoms with E-state index < -0.39 is 11.0 Å². The summed E-state index contributed by atoms with van der Waals surface area (Å²) in [5, 5.41) is 29.0. The van der Waals surface area contributed by atoms with Crippen LogP contribution in [-0.4, -0.2) is 28.1 Å². The van der Waals surface area contributed by atoms with Crippen molar-refractivity contribution in [1.29, 1.82) is 5.26 Å². The first-order chi connectivity index (χ1) is 8.08. The molecule has 1 aromatic rings. The van der Waals surface area contributed by atoms with Crippen LogP contribution in [0.5, 0.6) is 5.75 Å². The van der Waals surface area contributed by atoms with Gasteiger partial charge in [-0.15, -0.1) is 0 Å². The highest BCUT2D eigenvalue weighted by atomic mass is 79.9. The molecular weight excluding hydrogens is 292 g/mol. The number of aliphatic hydroxyl groups is 1. The number of nitrogens with zero attached hydrogens (tertiary/aromatic N) is 2. The molecule has 0 saturated heterocycles. The molecule has 0 spiro atoms. The first kappa shape index (κ1) is 13.4. The van der Waals surface area contributed by atoms with Crippen molar-refractivity contribution >= 4 is 21.6 Å². The quantitative estimate of drug-likeness (QED) is 0.506. The highest BCUT2D eigenvalue weighted by Crippen LogP contribution is 2.27. The topological polar surface area (TPSA) is 96.4 Å². The number of nitro benzene ring substituents is 1. The maximum Gasteiger partial charge on any atom is 0.312 e. The monoisotopic (exact) mass is 300 g/mol. The molecule has 0 aromatic heterocycles. The van der Waals surface area contributed by atoms with Crippen molar-refractivity contribution < 1.29 is 14.8 Å². The van der Waals surface area contributed by atoms with Crippen LogP contribution < -0.4 is 4.74 Å². The van der Waals surface area contributed by atoms with E-state index in [2.05, 4.69) is 15.9 Å². The lowest BCUT2D eigenvalue weighted by atomic mass is 10.2. The molecule has 0 saturated carbocycles. The molecule has 0 aliphatic heterocycles. The van der Waals surface area contributed by atoms with Crippen molar-refractivity contribution in [2.45, 2.75) is 6.10 Å². The fourth-order valence-electron chi connectivity index (χ4n) is 1.08. The summed E-state index contributed by atoms with van der Waals surface area (Å²) >= 11 is 3.05. The van der Waals surface area contributed by atoms with E-state index in [0.29, 0.717) is 5.33 Å². The van der Waals surface area contributed by atoms with E-state index in [-0.39, 0.29) is 23.6 Å². The highest BCUT2D eigenvalue weighted by Gasteiger charge is 2.17. The van der Waals surface area contributed by atoms with Gasteiger partial charge in [0, 0.05) is 11.4 Å². The number of hydrogen-bond acceptors (Lipinski definition) is 5. The molecule has 0 radical (unpaired) electrons. The summed E-state index contributed by atoms with van der Waals surface area (Å²) in [6.45, 7) is -0.0575.